The van der Waals surface area contributed by atoms with Crippen LogP contribution in [-0.2, 0) is 17.7 Å². The zero-order valence-corrected chi connectivity index (χ0v) is 16.9. The van der Waals surface area contributed by atoms with Crippen LogP contribution in [0.3, 0.4) is 0 Å². The van der Waals surface area contributed by atoms with Crippen LogP contribution in [0.15, 0.2) is 48.5 Å². The summed E-state index contributed by atoms with van der Waals surface area (Å²) in [5.74, 6) is 0. The third-order valence-corrected chi connectivity index (χ3v) is 5.20. The number of hydrogen-bond donors (Lipinski definition) is 3. The molecule has 3 N–H and O–H groups in total. The molecule has 0 fully saturated rings. The van der Waals surface area contributed by atoms with Gasteiger partial charge in [0.15, 0.2) is 0 Å². The summed E-state index contributed by atoms with van der Waals surface area (Å²) in [5, 5.41) is 8.36. The normalized spacial score (nSPS) is 14.4. The number of carbonyl (C=O) groups is 2. The minimum Gasteiger partial charge on any atom is -0.453 e. The Morgan fingerprint density at radius 3 is 2.52 bits per heavy atom. The Bertz CT molecular complexity index is 855. The molecule has 154 valence electrons. The molecule has 0 saturated heterocycles. The van der Waals surface area contributed by atoms with Gasteiger partial charge < -0.3 is 15.4 Å². The summed E-state index contributed by atoms with van der Waals surface area (Å²) in [5.41, 5.74) is 3.94. The Hall–Kier alpha value is -3.06. The lowest BCUT2D eigenvalue weighted by atomic mass is 9.98. The van der Waals surface area contributed by atoms with Crippen molar-refractivity contribution in [3.05, 3.63) is 59.7 Å². The van der Waals surface area contributed by atoms with Crippen LogP contribution in [0.1, 0.15) is 24.5 Å². The van der Waals surface area contributed by atoms with Crippen LogP contribution in [0.5, 0.6) is 0 Å². The van der Waals surface area contributed by atoms with Gasteiger partial charge in [-0.1, -0.05) is 37.3 Å². The Morgan fingerprint density at radius 2 is 1.79 bits per heavy atom. The quantitative estimate of drug-likeness (QED) is 0.693. The summed E-state index contributed by atoms with van der Waals surface area (Å²) in [7, 11) is 1.30. The van der Waals surface area contributed by atoms with E-state index in [1.54, 1.807) is 24.3 Å². The molecule has 29 heavy (non-hydrogen) atoms. The topological polar surface area (TPSA) is 82.7 Å². The zero-order valence-electron chi connectivity index (χ0n) is 16.9. The van der Waals surface area contributed by atoms with Gasteiger partial charge in [-0.05, 0) is 42.2 Å². The highest BCUT2D eigenvalue weighted by molar-refractivity contribution is 5.91. The molecule has 2 aromatic carbocycles. The van der Waals surface area contributed by atoms with Crippen LogP contribution in [0.25, 0.3) is 0 Å². The molecule has 0 aliphatic carbocycles. The van der Waals surface area contributed by atoms with Crippen molar-refractivity contribution in [2.75, 3.05) is 30.8 Å². The third-order valence-electron chi connectivity index (χ3n) is 5.20. The number of anilines is 2. The Kier molecular flexibility index (Phi) is 7.08. The second-order valence-corrected chi connectivity index (χ2v) is 7.08. The number of carbonyl (C=O) groups excluding carboxylic acids is 2. The maximum atomic E-state index is 12.4. The average molecular weight is 396 g/mol. The Labute approximate surface area is 171 Å². The molecule has 1 unspecified atom stereocenters. The highest BCUT2D eigenvalue weighted by Crippen LogP contribution is 2.21. The van der Waals surface area contributed by atoms with E-state index in [9.17, 15) is 9.59 Å². The average Bonchev–Trinajstić information content (AvgIpc) is 2.74. The molecule has 7 nitrogen and oxygen atoms in total. The third kappa shape index (κ3) is 5.71. The van der Waals surface area contributed by atoms with Gasteiger partial charge in [0, 0.05) is 37.1 Å². The molecular weight excluding hydrogens is 368 g/mol. The first-order valence-electron chi connectivity index (χ1n) is 9.89. The fourth-order valence-corrected chi connectivity index (χ4v) is 3.59. The Balaban J connectivity index is 1.52. The Morgan fingerprint density at radius 1 is 1.07 bits per heavy atom. The number of amides is 3. The monoisotopic (exact) mass is 396 g/mol. The highest BCUT2D eigenvalue weighted by atomic mass is 16.5. The van der Waals surface area contributed by atoms with E-state index in [1.807, 2.05) is 0 Å². The van der Waals surface area contributed by atoms with Gasteiger partial charge in [-0.25, -0.2) is 9.59 Å². The lowest BCUT2D eigenvalue weighted by molar-refractivity contribution is 0.170. The molecule has 0 spiro atoms. The minimum absolute atomic E-state index is 0.268. The number of nitrogens with one attached hydrogen (secondary N) is 3. The van der Waals surface area contributed by atoms with Crippen molar-refractivity contribution >= 4 is 23.5 Å². The molecule has 3 rings (SSSR count). The molecule has 1 heterocycles. The molecule has 1 aliphatic heterocycles. The first-order chi connectivity index (χ1) is 14.1. The standard InChI is InChI=1S/C22H28N4O3/c1-3-20(26-12-11-16-7-4-5-8-17(16)15-26)14-23-21(27)24-18-9-6-10-19(13-18)25-22(28)29-2/h4-10,13,20H,3,11-12,14-15H2,1-2H3,(H,25,28)(H2,23,24,27). The fraction of sp³-hybridized carbons (Fsp3) is 0.364. The van der Waals surface area contributed by atoms with Crippen molar-refractivity contribution in [1.29, 1.82) is 0 Å². The van der Waals surface area contributed by atoms with E-state index in [0.717, 1.165) is 25.9 Å². The van der Waals surface area contributed by atoms with Crippen molar-refractivity contribution in [1.82, 2.24) is 10.2 Å². The van der Waals surface area contributed by atoms with E-state index in [2.05, 4.69) is 56.8 Å². The number of methoxy groups -OCH3 is 1. The minimum atomic E-state index is -0.555. The number of urea groups is 1. The van der Waals surface area contributed by atoms with Gasteiger partial charge in [0.1, 0.15) is 0 Å². The molecule has 1 atom stereocenters. The lowest BCUT2D eigenvalue weighted by Gasteiger charge is -2.35. The summed E-state index contributed by atoms with van der Waals surface area (Å²) in [6, 6.07) is 15.5. The molecule has 0 aromatic heterocycles. The van der Waals surface area contributed by atoms with E-state index in [-0.39, 0.29) is 12.1 Å². The van der Waals surface area contributed by atoms with Gasteiger partial charge in [0.05, 0.1) is 7.11 Å². The second kappa shape index (κ2) is 9.93. The van der Waals surface area contributed by atoms with Crippen molar-refractivity contribution in [3.8, 4) is 0 Å². The van der Waals surface area contributed by atoms with E-state index in [1.165, 1.54) is 18.2 Å². The van der Waals surface area contributed by atoms with E-state index in [0.29, 0.717) is 17.9 Å². The highest BCUT2D eigenvalue weighted by Gasteiger charge is 2.22. The van der Waals surface area contributed by atoms with Crippen molar-refractivity contribution in [2.45, 2.75) is 32.4 Å². The van der Waals surface area contributed by atoms with Gasteiger partial charge in [-0.3, -0.25) is 10.2 Å². The molecule has 0 bridgehead atoms. The van der Waals surface area contributed by atoms with Crippen molar-refractivity contribution < 1.29 is 14.3 Å². The van der Waals surface area contributed by atoms with Crippen molar-refractivity contribution in [2.24, 2.45) is 0 Å². The van der Waals surface area contributed by atoms with Gasteiger partial charge in [0.2, 0.25) is 0 Å². The molecule has 2 aromatic rings. The number of rotatable bonds is 6. The number of benzene rings is 2. The van der Waals surface area contributed by atoms with Gasteiger partial charge in [-0.2, -0.15) is 0 Å². The summed E-state index contributed by atoms with van der Waals surface area (Å²) in [4.78, 5) is 26.1. The first-order valence-corrected chi connectivity index (χ1v) is 9.89. The van der Waals surface area contributed by atoms with E-state index < -0.39 is 6.09 Å². The van der Waals surface area contributed by atoms with Crippen LogP contribution < -0.4 is 16.0 Å². The number of nitrogens with zero attached hydrogens (tertiary/aromatic N) is 1. The predicted octanol–water partition coefficient (Wildman–Crippen LogP) is 3.82. The van der Waals surface area contributed by atoms with Crippen LogP contribution in [0.2, 0.25) is 0 Å². The molecule has 0 radical (unpaired) electrons. The van der Waals surface area contributed by atoms with Gasteiger partial charge >= 0.3 is 12.1 Å². The fourth-order valence-electron chi connectivity index (χ4n) is 3.59. The SMILES string of the molecule is CCC(CNC(=O)Nc1cccc(NC(=O)OC)c1)N1CCc2ccccc2C1. The summed E-state index contributed by atoms with van der Waals surface area (Å²) in [6.45, 7) is 4.64. The molecule has 1 aliphatic rings. The largest absolute Gasteiger partial charge is 0.453 e. The van der Waals surface area contributed by atoms with Crippen LogP contribution in [0.4, 0.5) is 21.0 Å². The van der Waals surface area contributed by atoms with E-state index in [4.69, 9.17) is 0 Å². The van der Waals surface area contributed by atoms with Gasteiger partial charge in [-0.15, -0.1) is 0 Å². The number of hydrogen-bond acceptors (Lipinski definition) is 4. The van der Waals surface area contributed by atoms with Crippen LogP contribution >= 0.6 is 0 Å². The maximum Gasteiger partial charge on any atom is 0.411 e. The smallest absolute Gasteiger partial charge is 0.411 e. The molecule has 7 heteroatoms. The first kappa shape index (κ1) is 20.7. The predicted molar refractivity (Wildman–Crippen MR) is 114 cm³/mol. The maximum absolute atomic E-state index is 12.4. The zero-order chi connectivity index (χ0) is 20.6. The van der Waals surface area contributed by atoms with E-state index >= 15 is 0 Å². The summed E-state index contributed by atoms with van der Waals surface area (Å²) in [6.07, 6.45) is 1.44. The van der Waals surface area contributed by atoms with Crippen molar-refractivity contribution in [3.63, 3.8) is 0 Å². The van der Waals surface area contributed by atoms with Gasteiger partial charge in [0.25, 0.3) is 0 Å². The number of ether oxygens (including phenoxy) is 1. The molecule has 3 amide bonds. The number of fused-ring (bicyclic) bond motifs is 1. The second-order valence-electron chi connectivity index (χ2n) is 7.08. The lowest BCUT2D eigenvalue weighted by Crippen LogP contribution is -2.46. The summed E-state index contributed by atoms with van der Waals surface area (Å²) < 4.78 is 4.58. The van der Waals surface area contributed by atoms with Crippen LogP contribution in [-0.4, -0.2) is 43.3 Å². The molecule has 0 saturated carbocycles. The summed E-state index contributed by atoms with van der Waals surface area (Å²) >= 11 is 0. The van der Waals surface area contributed by atoms with Crippen LogP contribution in [0, 0.1) is 0 Å². The molecular formula is C22H28N4O3.